The molecular weight excluding hydrogens is 324 g/mol. The highest BCUT2D eigenvalue weighted by Gasteiger charge is 2.45. The highest BCUT2D eigenvalue weighted by Crippen LogP contribution is 2.45. The molecule has 4 heteroatoms. The molecule has 0 heterocycles. The van der Waals surface area contributed by atoms with Gasteiger partial charge in [0.15, 0.2) is 0 Å². The van der Waals surface area contributed by atoms with Gasteiger partial charge in [0.2, 0.25) is 0 Å². The van der Waals surface area contributed by atoms with E-state index in [-0.39, 0.29) is 11.6 Å². The Morgan fingerprint density at radius 3 is 1.96 bits per heavy atom. The molecule has 1 saturated carbocycles. The molecule has 0 saturated heterocycles. The van der Waals surface area contributed by atoms with Crippen LogP contribution in [0.2, 0.25) is 0 Å². The van der Waals surface area contributed by atoms with E-state index < -0.39 is 0 Å². The third-order valence-electron chi connectivity index (χ3n) is 4.52. The Hall–Kier alpha value is -3.27. The van der Waals surface area contributed by atoms with Crippen LogP contribution in [-0.4, -0.2) is 6.03 Å². The van der Waals surface area contributed by atoms with E-state index in [1.54, 1.807) is 0 Å². The van der Waals surface area contributed by atoms with Crippen molar-refractivity contribution in [2.45, 2.75) is 18.4 Å². The van der Waals surface area contributed by atoms with Crippen LogP contribution in [0, 0.1) is 0 Å². The lowest BCUT2D eigenvalue weighted by atomic mass is 10.1. The Kier molecular flexibility index (Phi) is 4.32. The Labute approximate surface area is 152 Å². The number of rotatable bonds is 5. The minimum absolute atomic E-state index is 0.192. The van der Waals surface area contributed by atoms with Crippen molar-refractivity contribution in [2.75, 3.05) is 5.32 Å². The van der Waals surface area contributed by atoms with E-state index >= 15 is 0 Å². The first-order valence-corrected chi connectivity index (χ1v) is 8.71. The summed E-state index contributed by atoms with van der Waals surface area (Å²) in [4.78, 5) is 12.4. The van der Waals surface area contributed by atoms with Crippen LogP contribution in [0.3, 0.4) is 0 Å². The molecule has 0 unspecified atom stereocenters. The fraction of sp³-hybridized carbons (Fsp3) is 0.136. The molecule has 130 valence electrons. The molecule has 0 bridgehead atoms. The van der Waals surface area contributed by atoms with Crippen molar-refractivity contribution in [1.29, 1.82) is 0 Å². The molecule has 2 N–H and O–H groups in total. The Balaban J connectivity index is 1.36. The molecule has 0 atom stereocenters. The van der Waals surface area contributed by atoms with Gasteiger partial charge in [-0.2, -0.15) is 0 Å². The fourth-order valence-electron chi connectivity index (χ4n) is 2.98. The average Bonchev–Trinajstić information content (AvgIpc) is 3.45. The number of urea groups is 1. The third kappa shape index (κ3) is 3.70. The molecule has 0 radical (unpaired) electrons. The quantitative estimate of drug-likeness (QED) is 0.661. The normalized spacial score (nSPS) is 14.3. The number of ether oxygens (including phenoxy) is 1. The zero-order valence-corrected chi connectivity index (χ0v) is 14.3. The molecule has 0 spiro atoms. The van der Waals surface area contributed by atoms with E-state index in [0.29, 0.717) is 0 Å². The smallest absolute Gasteiger partial charge is 0.319 e. The van der Waals surface area contributed by atoms with Crippen molar-refractivity contribution in [3.05, 3.63) is 90.5 Å². The number of anilines is 1. The van der Waals surface area contributed by atoms with E-state index in [0.717, 1.165) is 35.6 Å². The molecule has 1 fully saturated rings. The molecule has 0 aromatic heterocycles. The van der Waals surface area contributed by atoms with Crippen LogP contribution in [-0.2, 0) is 5.54 Å². The average molecular weight is 344 g/mol. The second-order valence-electron chi connectivity index (χ2n) is 6.47. The maximum Gasteiger partial charge on any atom is 0.319 e. The van der Waals surface area contributed by atoms with E-state index in [1.165, 1.54) is 0 Å². The van der Waals surface area contributed by atoms with Crippen LogP contribution in [0.25, 0.3) is 0 Å². The highest BCUT2D eigenvalue weighted by molar-refractivity contribution is 5.90. The lowest BCUT2D eigenvalue weighted by Crippen LogP contribution is -2.37. The van der Waals surface area contributed by atoms with Gasteiger partial charge in [-0.1, -0.05) is 48.5 Å². The number of para-hydroxylation sites is 1. The van der Waals surface area contributed by atoms with Crippen LogP contribution in [0.15, 0.2) is 84.9 Å². The monoisotopic (exact) mass is 344 g/mol. The number of hydrogen-bond donors (Lipinski definition) is 2. The van der Waals surface area contributed by atoms with Gasteiger partial charge in [0.1, 0.15) is 11.5 Å². The van der Waals surface area contributed by atoms with Gasteiger partial charge in [-0.05, 0) is 54.8 Å². The largest absolute Gasteiger partial charge is 0.457 e. The van der Waals surface area contributed by atoms with Crippen LogP contribution in [0.5, 0.6) is 11.5 Å². The second kappa shape index (κ2) is 6.92. The van der Waals surface area contributed by atoms with Gasteiger partial charge < -0.3 is 15.4 Å². The predicted octanol–water partition coefficient (Wildman–Crippen LogP) is 5.29. The maximum absolute atomic E-state index is 12.4. The van der Waals surface area contributed by atoms with Gasteiger partial charge in [-0.15, -0.1) is 0 Å². The second-order valence-corrected chi connectivity index (χ2v) is 6.47. The number of hydrogen-bond acceptors (Lipinski definition) is 2. The van der Waals surface area contributed by atoms with E-state index in [1.807, 2.05) is 72.8 Å². The molecule has 3 aromatic carbocycles. The van der Waals surface area contributed by atoms with Gasteiger partial charge >= 0.3 is 6.03 Å². The zero-order valence-electron chi connectivity index (χ0n) is 14.3. The SMILES string of the molecule is O=C(Nc1ccc(Oc2ccccc2)cc1)NC1(c2ccccc2)CC1. The van der Waals surface area contributed by atoms with Crippen LogP contribution < -0.4 is 15.4 Å². The number of carbonyl (C=O) groups excluding carboxylic acids is 1. The first-order chi connectivity index (χ1) is 12.7. The molecule has 3 aromatic rings. The zero-order chi connectivity index (χ0) is 17.8. The minimum Gasteiger partial charge on any atom is -0.457 e. The summed E-state index contributed by atoms with van der Waals surface area (Å²) in [7, 11) is 0. The molecule has 4 rings (SSSR count). The van der Waals surface area contributed by atoms with Crippen LogP contribution in [0.1, 0.15) is 18.4 Å². The van der Waals surface area contributed by atoms with Crippen LogP contribution in [0.4, 0.5) is 10.5 Å². The highest BCUT2D eigenvalue weighted by atomic mass is 16.5. The Morgan fingerprint density at radius 2 is 1.35 bits per heavy atom. The van der Waals surface area contributed by atoms with Crippen molar-refractivity contribution in [3.8, 4) is 11.5 Å². The van der Waals surface area contributed by atoms with Crippen molar-refractivity contribution in [3.63, 3.8) is 0 Å². The molecule has 0 aliphatic heterocycles. The van der Waals surface area contributed by atoms with Gasteiger partial charge in [0.25, 0.3) is 0 Å². The standard InChI is InChI=1S/C22H20N2O2/c25-21(24-22(15-16-22)17-7-3-1-4-8-17)23-18-11-13-20(14-12-18)26-19-9-5-2-6-10-19/h1-14H,15-16H2,(H2,23,24,25). The summed E-state index contributed by atoms with van der Waals surface area (Å²) in [5.74, 6) is 1.51. The fourth-order valence-corrected chi connectivity index (χ4v) is 2.98. The summed E-state index contributed by atoms with van der Waals surface area (Å²) < 4.78 is 5.76. The molecule has 4 nitrogen and oxygen atoms in total. The lowest BCUT2D eigenvalue weighted by molar-refractivity contribution is 0.247. The summed E-state index contributed by atoms with van der Waals surface area (Å²) in [6.45, 7) is 0. The minimum atomic E-state index is -0.221. The first-order valence-electron chi connectivity index (χ1n) is 8.71. The predicted molar refractivity (Wildman–Crippen MR) is 102 cm³/mol. The molecule has 1 aliphatic rings. The van der Waals surface area contributed by atoms with Crippen molar-refractivity contribution in [1.82, 2.24) is 5.32 Å². The van der Waals surface area contributed by atoms with Crippen molar-refractivity contribution < 1.29 is 9.53 Å². The van der Waals surface area contributed by atoms with Gasteiger partial charge in [0, 0.05) is 5.69 Å². The molecular formula is C22H20N2O2. The summed E-state index contributed by atoms with van der Waals surface area (Å²) >= 11 is 0. The van der Waals surface area contributed by atoms with Crippen LogP contribution >= 0.6 is 0 Å². The Bertz CT molecular complexity index is 873. The maximum atomic E-state index is 12.4. The lowest BCUT2D eigenvalue weighted by Gasteiger charge is -2.18. The topological polar surface area (TPSA) is 50.4 Å². The molecule has 1 aliphatic carbocycles. The summed E-state index contributed by atoms with van der Waals surface area (Å²) in [6.07, 6.45) is 1.93. The van der Waals surface area contributed by atoms with E-state index in [2.05, 4.69) is 22.8 Å². The summed E-state index contributed by atoms with van der Waals surface area (Å²) in [6, 6.07) is 26.9. The number of benzene rings is 3. The summed E-state index contributed by atoms with van der Waals surface area (Å²) in [5, 5.41) is 6.00. The third-order valence-corrected chi connectivity index (χ3v) is 4.52. The first kappa shape index (κ1) is 16.2. The van der Waals surface area contributed by atoms with Crippen molar-refractivity contribution >= 4 is 11.7 Å². The number of amides is 2. The molecule has 2 amide bonds. The number of nitrogens with one attached hydrogen (secondary N) is 2. The van der Waals surface area contributed by atoms with E-state index in [4.69, 9.17) is 4.74 Å². The van der Waals surface area contributed by atoms with E-state index in [9.17, 15) is 4.79 Å². The van der Waals surface area contributed by atoms with Gasteiger partial charge in [0.05, 0.1) is 5.54 Å². The Morgan fingerprint density at radius 1 is 0.769 bits per heavy atom. The summed E-state index contributed by atoms with van der Waals surface area (Å²) in [5.41, 5.74) is 1.66. The van der Waals surface area contributed by atoms with Crippen molar-refractivity contribution in [2.24, 2.45) is 0 Å². The van der Waals surface area contributed by atoms with Gasteiger partial charge in [-0.3, -0.25) is 0 Å². The number of carbonyl (C=O) groups is 1. The van der Waals surface area contributed by atoms with Gasteiger partial charge in [-0.25, -0.2) is 4.79 Å². The molecule has 26 heavy (non-hydrogen) atoms.